The van der Waals surface area contributed by atoms with Crippen LogP contribution in [0.4, 0.5) is 0 Å². The van der Waals surface area contributed by atoms with Gasteiger partial charge in [-0.1, -0.05) is 12.1 Å². The van der Waals surface area contributed by atoms with Gasteiger partial charge in [0.15, 0.2) is 46.8 Å². The van der Waals surface area contributed by atoms with Crippen LogP contribution in [0.1, 0.15) is 112 Å². The number of ketones is 2. The van der Waals surface area contributed by atoms with E-state index in [0.29, 0.717) is 37.4 Å². The number of quaternary nitrogens is 1. The molecule has 0 amide bonds. The smallest absolute Gasteiger partial charge is 0.174 e. The second-order valence-electron chi connectivity index (χ2n) is 21.4. The van der Waals surface area contributed by atoms with E-state index in [9.17, 15) is 24.9 Å². The van der Waals surface area contributed by atoms with Gasteiger partial charge in [-0.05, 0) is 119 Å². The number of hydrogen-bond acceptors (Lipinski definition) is 9. The van der Waals surface area contributed by atoms with Crippen molar-refractivity contribution in [2.75, 3.05) is 39.3 Å². The first-order valence-electron chi connectivity index (χ1n) is 23.1. The summed E-state index contributed by atoms with van der Waals surface area (Å²) in [6.07, 6.45) is 14.5. The van der Waals surface area contributed by atoms with Crippen molar-refractivity contribution in [2.45, 2.75) is 149 Å². The van der Waals surface area contributed by atoms with E-state index in [4.69, 9.17) is 14.2 Å². The molecule has 12 aliphatic rings. The molecule has 2 spiro atoms. The molecule has 10 nitrogen and oxygen atoms in total. The van der Waals surface area contributed by atoms with Crippen LogP contribution in [0.3, 0.4) is 0 Å². The van der Waals surface area contributed by atoms with E-state index in [2.05, 4.69) is 11.0 Å². The van der Waals surface area contributed by atoms with Crippen LogP contribution in [0, 0.1) is 23.7 Å². The molecule has 0 aromatic heterocycles. The van der Waals surface area contributed by atoms with E-state index in [1.54, 1.807) is 6.07 Å². The molecule has 4 heterocycles. The first-order valence-corrected chi connectivity index (χ1v) is 23.1. The summed E-state index contributed by atoms with van der Waals surface area (Å²) in [6, 6.07) is 8.21. The van der Waals surface area contributed by atoms with Crippen LogP contribution in [0.2, 0.25) is 0 Å². The highest BCUT2D eigenvalue weighted by molar-refractivity contribution is 5.91. The fourth-order valence-electron chi connectivity index (χ4n) is 14.7. The maximum Gasteiger partial charge on any atom is 0.174 e. The number of likely N-dealkylation sites (tertiary alicyclic amines) is 2. The third-order valence-electron chi connectivity index (χ3n) is 18.1. The quantitative estimate of drug-likeness (QED) is 0.299. The summed E-state index contributed by atoms with van der Waals surface area (Å²) in [5, 5.41) is 35.2. The summed E-state index contributed by atoms with van der Waals surface area (Å²) in [6.45, 7) is 6.18. The highest BCUT2D eigenvalue weighted by Crippen LogP contribution is 2.68. The molecule has 8 fully saturated rings. The van der Waals surface area contributed by atoms with Crippen molar-refractivity contribution in [3.05, 3.63) is 46.5 Å². The van der Waals surface area contributed by atoms with Crippen molar-refractivity contribution in [3.63, 3.8) is 0 Å². The summed E-state index contributed by atoms with van der Waals surface area (Å²) in [7, 11) is 0. The molecule has 2 saturated heterocycles. The minimum Gasteiger partial charge on any atom is -0.504 e. The number of carbonyl (C=O) groups is 2. The number of rotatable bonds is 9. The third kappa shape index (κ3) is 4.64. The maximum absolute atomic E-state index is 13.0. The Balaban J connectivity index is 0.000000121. The molecule has 6 saturated carbocycles. The zero-order valence-corrected chi connectivity index (χ0v) is 33.8. The molecule has 4 bridgehead atoms. The van der Waals surface area contributed by atoms with Crippen molar-refractivity contribution >= 4 is 11.6 Å². The SMILES string of the molecule is O=C1CC[C@]2(O)C3Cc4ccc(O)c5c4[C@]2(CC[N+]3(CC2CC2)CC2CC2)[C@@H]1O5.O=C1CC[C@]2(O)C3Cc4ccc(OCC5CC5)c5c4[C@]2(CCN3CC2CC2)[C@@H]1O5. The molecule has 3 N–H and O–H groups in total. The van der Waals surface area contributed by atoms with E-state index in [0.717, 1.165) is 96.8 Å². The Labute approximate surface area is 340 Å². The van der Waals surface area contributed by atoms with E-state index in [-0.39, 0.29) is 29.4 Å². The Morgan fingerprint density at radius 2 is 1.31 bits per heavy atom. The Hall–Kier alpha value is -3.18. The van der Waals surface area contributed by atoms with Gasteiger partial charge in [0, 0.05) is 61.2 Å². The van der Waals surface area contributed by atoms with E-state index in [1.165, 1.54) is 75.6 Å². The lowest BCUT2D eigenvalue weighted by Gasteiger charge is -2.65. The van der Waals surface area contributed by atoms with Crippen molar-refractivity contribution < 1.29 is 43.6 Å². The average Bonchev–Trinajstić information content (AvgIpc) is 3.97. The highest BCUT2D eigenvalue weighted by atomic mass is 16.5. The number of aliphatic hydroxyl groups is 2. The van der Waals surface area contributed by atoms with Gasteiger partial charge in [0.2, 0.25) is 0 Å². The predicted octanol–water partition coefficient (Wildman–Crippen LogP) is 5.06. The fourth-order valence-corrected chi connectivity index (χ4v) is 14.7. The van der Waals surface area contributed by atoms with Crippen LogP contribution in [0.5, 0.6) is 23.0 Å². The molecule has 14 rings (SSSR count). The van der Waals surface area contributed by atoms with Crippen molar-refractivity contribution in [1.82, 2.24) is 4.90 Å². The number of benzene rings is 2. The lowest BCUT2D eigenvalue weighted by Crippen LogP contribution is -2.82. The third-order valence-corrected chi connectivity index (χ3v) is 18.1. The van der Waals surface area contributed by atoms with Gasteiger partial charge in [0.25, 0.3) is 0 Å². The Bertz CT molecular complexity index is 2130. The van der Waals surface area contributed by atoms with Crippen LogP contribution >= 0.6 is 0 Å². The zero-order valence-electron chi connectivity index (χ0n) is 33.8. The van der Waals surface area contributed by atoms with Crippen molar-refractivity contribution in [1.29, 1.82) is 0 Å². The largest absolute Gasteiger partial charge is 0.504 e. The van der Waals surface area contributed by atoms with Crippen LogP contribution < -0.4 is 14.2 Å². The highest BCUT2D eigenvalue weighted by Gasteiger charge is 2.78. The molecule has 8 aliphatic carbocycles. The second-order valence-corrected chi connectivity index (χ2v) is 21.4. The average molecular weight is 792 g/mol. The van der Waals surface area contributed by atoms with E-state index < -0.39 is 34.2 Å². The molecule has 0 radical (unpaired) electrons. The van der Waals surface area contributed by atoms with Crippen LogP contribution in [-0.4, -0.2) is 111 Å². The Morgan fingerprint density at radius 1 is 0.707 bits per heavy atom. The zero-order chi connectivity index (χ0) is 39.0. The lowest BCUT2D eigenvalue weighted by molar-refractivity contribution is -0.969. The lowest BCUT2D eigenvalue weighted by atomic mass is 9.48. The van der Waals surface area contributed by atoms with Gasteiger partial charge in [0.05, 0.1) is 42.7 Å². The summed E-state index contributed by atoms with van der Waals surface area (Å²) in [5.41, 5.74) is 1.47. The van der Waals surface area contributed by atoms with Gasteiger partial charge in [-0.15, -0.1) is 0 Å². The normalized spacial score (nSPS) is 40.4. The summed E-state index contributed by atoms with van der Waals surface area (Å²) in [4.78, 5) is 28.6. The summed E-state index contributed by atoms with van der Waals surface area (Å²) in [5.74, 6) is 5.45. The topological polar surface area (TPSA) is 126 Å². The molecule has 8 atom stereocenters. The Kier molecular flexibility index (Phi) is 7.23. The standard InChI is InChI=1S/2C24H29NO4/c26-17-7-8-24(27)19-11-16-5-6-18(28-13-15-3-4-15)21-20(16)23(24,22(17)29-21)9-10-25(19)12-14-1-2-14;26-17-6-5-16-11-19-24(28)8-7-18(27)22-23(24,20(16)21(17)29-22)9-10-25(19,12-14-1-2-14)13-15-3-4-15/h5-6,14-15,19,22,27H,1-4,7-13H2;5-6,14-15,19,22,28H,1-4,7-13H2/p+1/t2*19?,22-,23-,24+/m11/s1. The van der Waals surface area contributed by atoms with Gasteiger partial charge in [-0.3, -0.25) is 14.5 Å². The second kappa shape index (κ2) is 11.8. The summed E-state index contributed by atoms with van der Waals surface area (Å²) < 4.78 is 19.8. The van der Waals surface area contributed by atoms with Gasteiger partial charge in [0.1, 0.15) is 11.6 Å². The summed E-state index contributed by atoms with van der Waals surface area (Å²) >= 11 is 0. The first-order chi connectivity index (χ1) is 28.1. The monoisotopic (exact) mass is 791 g/mol. The van der Waals surface area contributed by atoms with Crippen molar-refractivity contribution in [2.24, 2.45) is 23.7 Å². The minimum atomic E-state index is -0.917. The molecule has 2 unspecified atom stereocenters. The molecular formula is C48H59N2O8+. The number of hydrogen-bond donors (Lipinski definition) is 3. The number of carbonyl (C=O) groups excluding carboxylic acids is 2. The maximum atomic E-state index is 13.0. The molecule has 308 valence electrons. The molecule has 58 heavy (non-hydrogen) atoms. The first kappa shape index (κ1) is 35.6. The minimum absolute atomic E-state index is 0.0905. The number of aromatic hydroxyl groups is 1. The van der Waals surface area contributed by atoms with Gasteiger partial charge >= 0.3 is 0 Å². The van der Waals surface area contributed by atoms with E-state index >= 15 is 0 Å². The number of nitrogens with zero attached hydrogens (tertiary/aromatic N) is 2. The number of phenolic OH excluding ortho intramolecular Hbond substituents is 1. The molecule has 2 aromatic carbocycles. The molecule has 2 aromatic rings. The van der Waals surface area contributed by atoms with Crippen LogP contribution in [-0.2, 0) is 33.3 Å². The molecule has 10 heteroatoms. The van der Waals surface area contributed by atoms with Crippen LogP contribution in [0.15, 0.2) is 24.3 Å². The van der Waals surface area contributed by atoms with Gasteiger partial charge < -0.3 is 34.0 Å². The van der Waals surface area contributed by atoms with Gasteiger partial charge in [-0.2, -0.15) is 0 Å². The van der Waals surface area contributed by atoms with Crippen LogP contribution in [0.25, 0.3) is 0 Å². The number of Topliss-reactive ketones (excluding diaryl/α,β-unsaturated/α-hetero) is 2. The fraction of sp³-hybridized carbons (Fsp3) is 0.708. The number of phenols is 1. The van der Waals surface area contributed by atoms with Gasteiger partial charge in [-0.25, -0.2) is 0 Å². The number of piperidine rings is 2. The van der Waals surface area contributed by atoms with Crippen molar-refractivity contribution in [3.8, 4) is 23.0 Å². The molecular weight excluding hydrogens is 733 g/mol. The predicted molar refractivity (Wildman–Crippen MR) is 212 cm³/mol. The molecule has 4 aliphatic heterocycles. The van der Waals surface area contributed by atoms with E-state index in [1.807, 2.05) is 12.1 Å². The number of ether oxygens (including phenoxy) is 3. The Morgan fingerprint density at radius 3 is 2.00 bits per heavy atom.